The Morgan fingerprint density at radius 2 is 1.57 bits per heavy atom. The SMILES string of the molecule is O=c1[nH]c(=O)c2cc(Sc3ccc(F)cc3)ccc2[nH]1.[K+]. The monoisotopic (exact) mass is 327 g/mol. The van der Waals surface area contributed by atoms with E-state index in [0.717, 1.165) is 9.79 Å². The zero-order valence-corrected chi connectivity index (χ0v) is 15.1. The number of aromatic amines is 2. The predicted octanol–water partition coefficient (Wildman–Crippen LogP) is -0.489. The molecule has 7 heteroatoms. The minimum Gasteiger partial charge on any atom is -0.307 e. The number of hydrogen-bond acceptors (Lipinski definition) is 3. The Balaban J connectivity index is 0.00000161. The van der Waals surface area contributed by atoms with Crippen LogP contribution in [-0.2, 0) is 0 Å². The fourth-order valence-corrected chi connectivity index (χ4v) is 2.70. The molecule has 3 rings (SSSR count). The first-order valence-electron chi connectivity index (χ1n) is 5.81. The maximum atomic E-state index is 12.8. The molecule has 0 saturated heterocycles. The van der Waals surface area contributed by atoms with Crippen LogP contribution < -0.4 is 62.6 Å². The summed E-state index contributed by atoms with van der Waals surface area (Å²) in [5, 5.41) is 0.414. The number of benzene rings is 2. The molecule has 0 amide bonds. The van der Waals surface area contributed by atoms with E-state index >= 15 is 0 Å². The van der Waals surface area contributed by atoms with Crippen molar-refractivity contribution in [2.45, 2.75) is 9.79 Å². The van der Waals surface area contributed by atoms with Crippen LogP contribution in [0.15, 0.2) is 61.8 Å². The molecule has 0 radical (unpaired) electrons. The molecule has 0 unspecified atom stereocenters. The first-order valence-corrected chi connectivity index (χ1v) is 6.63. The van der Waals surface area contributed by atoms with Gasteiger partial charge >= 0.3 is 57.1 Å². The zero-order chi connectivity index (χ0) is 14.1. The van der Waals surface area contributed by atoms with Crippen molar-refractivity contribution in [1.82, 2.24) is 9.97 Å². The molecular weight excluding hydrogens is 318 g/mol. The number of halogens is 1. The second kappa shape index (κ2) is 7.04. The summed E-state index contributed by atoms with van der Waals surface area (Å²) in [4.78, 5) is 29.3. The Kier molecular flexibility index (Phi) is 5.58. The fraction of sp³-hybridized carbons (Fsp3) is 0. The average molecular weight is 327 g/mol. The number of fused-ring (bicyclic) bond motifs is 1. The third kappa shape index (κ3) is 3.94. The Morgan fingerprint density at radius 1 is 0.905 bits per heavy atom. The molecule has 0 aliphatic rings. The maximum Gasteiger partial charge on any atom is 1.00 e. The van der Waals surface area contributed by atoms with Gasteiger partial charge in [0, 0.05) is 9.79 Å². The number of rotatable bonds is 2. The summed E-state index contributed by atoms with van der Waals surface area (Å²) in [7, 11) is 0. The molecule has 1 heterocycles. The molecule has 0 saturated carbocycles. The standard InChI is InChI=1S/C14H9FN2O2S.K/c15-8-1-3-9(4-2-8)20-10-5-6-12-11(7-10)13(18)17-14(19)16-12;/h1-7H,(H2,16,17,18,19);/q;+1. The molecule has 0 aliphatic carbocycles. The second-order valence-electron chi connectivity index (χ2n) is 4.17. The molecule has 2 aromatic carbocycles. The minimum atomic E-state index is -0.526. The van der Waals surface area contributed by atoms with E-state index in [4.69, 9.17) is 0 Å². The first-order chi connectivity index (χ1) is 9.61. The fourth-order valence-electron chi connectivity index (χ4n) is 1.85. The Hall–Kier alpha value is -0.704. The van der Waals surface area contributed by atoms with Crippen molar-refractivity contribution >= 4 is 22.7 Å². The normalized spacial score (nSPS) is 10.3. The van der Waals surface area contributed by atoms with Crippen molar-refractivity contribution in [3.63, 3.8) is 0 Å². The van der Waals surface area contributed by atoms with Gasteiger partial charge in [-0.3, -0.25) is 9.78 Å². The molecule has 1 aromatic heterocycles. The molecule has 0 spiro atoms. The van der Waals surface area contributed by atoms with Crippen LogP contribution >= 0.6 is 11.8 Å². The number of H-pyrrole nitrogens is 2. The maximum absolute atomic E-state index is 12.8. The first kappa shape index (κ1) is 16.7. The van der Waals surface area contributed by atoms with E-state index in [-0.39, 0.29) is 57.2 Å². The molecule has 0 aliphatic heterocycles. The van der Waals surface area contributed by atoms with Crippen molar-refractivity contribution < 1.29 is 55.8 Å². The summed E-state index contributed by atoms with van der Waals surface area (Å²) in [6.07, 6.45) is 0. The van der Waals surface area contributed by atoms with Crippen molar-refractivity contribution in [1.29, 1.82) is 0 Å². The van der Waals surface area contributed by atoms with Gasteiger partial charge in [-0.25, -0.2) is 9.18 Å². The van der Waals surface area contributed by atoms with Crippen LogP contribution in [0.2, 0.25) is 0 Å². The largest absolute Gasteiger partial charge is 1.00 e. The van der Waals surface area contributed by atoms with Crippen LogP contribution in [0.25, 0.3) is 10.9 Å². The quantitative estimate of drug-likeness (QED) is 0.625. The van der Waals surface area contributed by atoms with E-state index in [1.54, 1.807) is 30.3 Å². The van der Waals surface area contributed by atoms with Gasteiger partial charge in [0.25, 0.3) is 5.56 Å². The van der Waals surface area contributed by atoms with Crippen LogP contribution in [0.5, 0.6) is 0 Å². The van der Waals surface area contributed by atoms with E-state index in [0.29, 0.717) is 10.9 Å². The Morgan fingerprint density at radius 3 is 2.29 bits per heavy atom. The van der Waals surface area contributed by atoms with Gasteiger partial charge in [-0.2, -0.15) is 0 Å². The van der Waals surface area contributed by atoms with Crippen molar-refractivity contribution in [3.8, 4) is 0 Å². The summed E-state index contributed by atoms with van der Waals surface area (Å²) >= 11 is 1.41. The zero-order valence-electron chi connectivity index (χ0n) is 11.1. The van der Waals surface area contributed by atoms with E-state index in [9.17, 15) is 14.0 Å². The summed E-state index contributed by atoms with van der Waals surface area (Å²) in [6.45, 7) is 0. The average Bonchev–Trinajstić information content (AvgIpc) is 2.42. The van der Waals surface area contributed by atoms with E-state index in [1.807, 2.05) is 0 Å². The van der Waals surface area contributed by atoms with Crippen molar-refractivity contribution in [2.75, 3.05) is 0 Å². The van der Waals surface area contributed by atoms with Crippen LogP contribution in [0, 0.1) is 5.82 Å². The van der Waals surface area contributed by atoms with Gasteiger partial charge in [0.15, 0.2) is 0 Å². The summed E-state index contributed by atoms with van der Waals surface area (Å²) in [5.74, 6) is -0.290. The smallest absolute Gasteiger partial charge is 0.307 e. The van der Waals surface area contributed by atoms with E-state index in [1.165, 1.54) is 23.9 Å². The van der Waals surface area contributed by atoms with E-state index < -0.39 is 11.2 Å². The van der Waals surface area contributed by atoms with Crippen LogP contribution in [0.4, 0.5) is 4.39 Å². The van der Waals surface area contributed by atoms with Gasteiger partial charge in [0.05, 0.1) is 10.9 Å². The van der Waals surface area contributed by atoms with Crippen LogP contribution in [-0.4, -0.2) is 9.97 Å². The van der Waals surface area contributed by atoms with Gasteiger partial charge < -0.3 is 4.98 Å². The van der Waals surface area contributed by atoms with Crippen LogP contribution in [0.3, 0.4) is 0 Å². The molecule has 0 atom stereocenters. The number of aromatic nitrogens is 2. The van der Waals surface area contributed by atoms with Crippen LogP contribution in [0.1, 0.15) is 0 Å². The molecule has 4 nitrogen and oxygen atoms in total. The summed E-state index contributed by atoms with van der Waals surface area (Å²) in [5.41, 5.74) is -0.464. The van der Waals surface area contributed by atoms with Gasteiger partial charge in [-0.15, -0.1) is 0 Å². The molecule has 0 fully saturated rings. The van der Waals surface area contributed by atoms with Gasteiger partial charge in [0.1, 0.15) is 5.82 Å². The predicted molar refractivity (Wildman–Crippen MR) is 75.7 cm³/mol. The summed E-state index contributed by atoms with van der Waals surface area (Å²) < 4.78 is 12.8. The van der Waals surface area contributed by atoms with Gasteiger partial charge in [-0.05, 0) is 42.5 Å². The van der Waals surface area contributed by atoms with Crippen molar-refractivity contribution in [2.24, 2.45) is 0 Å². The molecule has 100 valence electrons. The molecular formula is C14H9FKN2O2S+. The topological polar surface area (TPSA) is 65.7 Å². The Labute approximate surface area is 165 Å². The number of hydrogen-bond donors (Lipinski definition) is 2. The number of nitrogens with one attached hydrogen (secondary N) is 2. The molecule has 21 heavy (non-hydrogen) atoms. The third-order valence-electron chi connectivity index (χ3n) is 2.76. The molecule has 3 aromatic rings. The molecule has 0 bridgehead atoms. The van der Waals surface area contributed by atoms with Gasteiger partial charge in [0.2, 0.25) is 0 Å². The summed E-state index contributed by atoms with van der Waals surface area (Å²) in [6, 6.07) is 11.3. The molecule has 2 N–H and O–H groups in total. The Bertz CT molecular complexity index is 890. The van der Waals surface area contributed by atoms with Gasteiger partial charge in [-0.1, -0.05) is 11.8 Å². The third-order valence-corrected chi connectivity index (χ3v) is 3.76. The minimum absolute atomic E-state index is 0. The van der Waals surface area contributed by atoms with Crippen molar-refractivity contribution in [3.05, 3.63) is 69.1 Å². The van der Waals surface area contributed by atoms with E-state index in [2.05, 4.69) is 9.97 Å². The second-order valence-corrected chi connectivity index (χ2v) is 5.32.